The summed E-state index contributed by atoms with van der Waals surface area (Å²) in [5.74, 6) is 0.856. The van der Waals surface area contributed by atoms with Crippen molar-refractivity contribution in [1.82, 2.24) is 4.90 Å². The Hall–Kier alpha value is -4.31. The van der Waals surface area contributed by atoms with Crippen molar-refractivity contribution in [2.75, 3.05) is 18.4 Å². The van der Waals surface area contributed by atoms with Crippen molar-refractivity contribution in [2.45, 2.75) is 62.6 Å². The molecule has 1 saturated heterocycles. The van der Waals surface area contributed by atoms with E-state index >= 15 is 0 Å². The fraction of sp³-hybridized carbons (Fsp3) is 0.394. The lowest BCUT2D eigenvalue weighted by Gasteiger charge is -2.35. The van der Waals surface area contributed by atoms with Gasteiger partial charge in [-0.05, 0) is 73.7 Å². The molecule has 0 bridgehead atoms. The summed E-state index contributed by atoms with van der Waals surface area (Å²) in [7, 11) is 0. The number of anilines is 1. The van der Waals surface area contributed by atoms with Crippen LogP contribution in [0, 0.1) is 11.7 Å². The van der Waals surface area contributed by atoms with E-state index in [0.29, 0.717) is 60.2 Å². The van der Waals surface area contributed by atoms with E-state index in [1.54, 1.807) is 47.4 Å². The molecule has 0 aromatic heterocycles. The van der Waals surface area contributed by atoms with Crippen LogP contribution in [0.3, 0.4) is 0 Å². The van der Waals surface area contributed by atoms with Gasteiger partial charge in [0.05, 0.1) is 12.1 Å². The zero-order chi connectivity index (χ0) is 30.0. The third-order valence-electron chi connectivity index (χ3n) is 8.58. The van der Waals surface area contributed by atoms with Gasteiger partial charge in [-0.15, -0.1) is 0 Å². The number of ether oxygens (including phenoxy) is 3. The molecule has 1 unspecified atom stereocenters. The molecule has 43 heavy (non-hydrogen) atoms. The van der Waals surface area contributed by atoms with Gasteiger partial charge in [0.25, 0.3) is 0 Å². The Morgan fingerprint density at radius 2 is 1.40 bits per heavy atom. The molecule has 3 aromatic carbocycles. The van der Waals surface area contributed by atoms with E-state index in [1.165, 1.54) is 30.7 Å². The van der Waals surface area contributed by atoms with Gasteiger partial charge in [0.2, 0.25) is 5.60 Å². The van der Waals surface area contributed by atoms with Crippen LogP contribution in [0.25, 0.3) is 0 Å². The highest BCUT2D eigenvalue weighted by Gasteiger charge is 2.53. The van der Waals surface area contributed by atoms with Crippen molar-refractivity contribution in [3.8, 4) is 28.7 Å². The van der Waals surface area contributed by atoms with Gasteiger partial charge in [-0.1, -0.05) is 19.3 Å². The molecule has 2 saturated carbocycles. The van der Waals surface area contributed by atoms with Crippen LogP contribution < -0.4 is 19.5 Å². The van der Waals surface area contributed by atoms with Gasteiger partial charge in [0.1, 0.15) is 34.6 Å². The first kappa shape index (κ1) is 28.8. The van der Waals surface area contributed by atoms with Gasteiger partial charge in [0, 0.05) is 43.3 Å². The van der Waals surface area contributed by atoms with E-state index in [4.69, 9.17) is 14.2 Å². The molecule has 6 rings (SSSR count). The number of aliphatic hydroxyl groups is 1. The Morgan fingerprint density at radius 1 is 0.814 bits per heavy atom. The van der Waals surface area contributed by atoms with Crippen LogP contribution in [0.5, 0.6) is 28.7 Å². The summed E-state index contributed by atoms with van der Waals surface area (Å²) in [6.07, 6.45) is 6.89. The third kappa shape index (κ3) is 6.69. The highest BCUT2D eigenvalue weighted by atomic mass is 19.1. The molecule has 2 aliphatic carbocycles. The number of halogens is 1. The van der Waals surface area contributed by atoms with Crippen LogP contribution in [0.2, 0.25) is 0 Å². The first-order valence-corrected chi connectivity index (χ1v) is 14.8. The molecule has 1 atom stereocenters. The standard InChI is InChI=1S/C33H35FN2O7/c34-23-6-8-25(9-7-23)41-28-18-24(35-31(39)36-17-16-32(40,21-36)22-4-2-1-3-5-22)19-29(20-28)42-26-10-12-27(13-11-26)43-33(14-15-33)30(37)38/h6-13,18-20,22,40H,1-5,14-17,21H2,(H,35,39)(H,37,38). The zero-order valence-corrected chi connectivity index (χ0v) is 23.8. The Morgan fingerprint density at radius 3 is 1.98 bits per heavy atom. The average Bonchev–Trinajstić information content (AvgIpc) is 3.67. The van der Waals surface area contributed by atoms with Crippen LogP contribution >= 0.6 is 0 Å². The molecular formula is C33H35FN2O7. The smallest absolute Gasteiger partial charge is 0.348 e. The number of carbonyl (C=O) groups is 2. The molecule has 3 aliphatic rings. The number of carboxylic acid groups (broad SMARTS) is 1. The molecule has 0 spiro atoms. The lowest BCUT2D eigenvalue weighted by molar-refractivity contribution is -0.147. The number of β-amino-alcohol motifs (C(OH)–C–C–N with tert-alkyl or cyclic N) is 1. The zero-order valence-electron chi connectivity index (χ0n) is 23.8. The fourth-order valence-corrected chi connectivity index (χ4v) is 5.98. The molecule has 1 aliphatic heterocycles. The minimum absolute atomic E-state index is 0.210. The first-order valence-electron chi connectivity index (χ1n) is 14.8. The highest BCUT2D eigenvalue weighted by molar-refractivity contribution is 5.90. The normalized spacial score (nSPS) is 21.2. The number of hydrogen-bond donors (Lipinski definition) is 3. The van der Waals surface area contributed by atoms with E-state index in [-0.39, 0.29) is 24.3 Å². The lowest BCUT2D eigenvalue weighted by Crippen LogP contribution is -2.43. The molecule has 3 fully saturated rings. The Balaban J connectivity index is 1.18. The maximum atomic E-state index is 13.4. The van der Waals surface area contributed by atoms with Crippen LogP contribution in [0.1, 0.15) is 51.4 Å². The minimum Gasteiger partial charge on any atom is -0.478 e. The summed E-state index contributed by atoms with van der Waals surface area (Å²) in [6, 6.07) is 16.8. The molecule has 3 aromatic rings. The number of aliphatic carboxylic acids is 1. The van der Waals surface area contributed by atoms with Crippen molar-refractivity contribution in [3.05, 3.63) is 72.5 Å². The minimum atomic E-state index is -1.15. The van der Waals surface area contributed by atoms with Crippen molar-refractivity contribution in [1.29, 1.82) is 0 Å². The number of urea groups is 1. The predicted octanol–water partition coefficient (Wildman–Crippen LogP) is 6.96. The van der Waals surface area contributed by atoms with E-state index in [2.05, 4.69) is 5.32 Å². The van der Waals surface area contributed by atoms with Crippen molar-refractivity contribution in [2.24, 2.45) is 5.92 Å². The number of rotatable bonds is 9. The van der Waals surface area contributed by atoms with E-state index in [1.807, 2.05) is 0 Å². The molecule has 2 amide bonds. The third-order valence-corrected chi connectivity index (χ3v) is 8.58. The molecule has 1 heterocycles. The summed E-state index contributed by atoms with van der Waals surface area (Å²) in [5.41, 5.74) is -1.59. The largest absolute Gasteiger partial charge is 0.478 e. The number of hydrogen-bond acceptors (Lipinski definition) is 6. The van der Waals surface area contributed by atoms with E-state index < -0.39 is 17.2 Å². The van der Waals surface area contributed by atoms with Crippen molar-refractivity contribution < 1.29 is 38.4 Å². The van der Waals surface area contributed by atoms with Crippen molar-refractivity contribution >= 4 is 17.7 Å². The highest BCUT2D eigenvalue weighted by Crippen LogP contribution is 2.42. The predicted molar refractivity (Wildman–Crippen MR) is 156 cm³/mol. The Labute approximate surface area is 249 Å². The molecule has 3 N–H and O–H groups in total. The number of likely N-dealkylation sites (tertiary alicyclic amines) is 1. The molecule has 10 heteroatoms. The average molecular weight is 591 g/mol. The van der Waals surface area contributed by atoms with E-state index in [0.717, 1.165) is 25.7 Å². The van der Waals surface area contributed by atoms with Gasteiger partial charge >= 0.3 is 12.0 Å². The van der Waals surface area contributed by atoms with E-state index in [9.17, 15) is 24.2 Å². The second kappa shape index (κ2) is 11.8. The molecule has 0 radical (unpaired) electrons. The number of carboxylic acids is 1. The summed E-state index contributed by atoms with van der Waals surface area (Å²) in [4.78, 5) is 26.4. The second-order valence-corrected chi connectivity index (χ2v) is 11.8. The molecular weight excluding hydrogens is 555 g/mol. The molecule has 226 valence electrons. The fourth-order valence-electron chi connectivity index (χ4n) is 5.98. The van der Waals surface area contributed by atoms with Crippen LogP contribution in [0.15, 0.2) is 66.7 Å². The maximum Gasteiger partial charge on any atom is 0.348 e. The monoisotopic (exact) mass is 590 g/mol. The topological polar surface area (TPSA) is 118 Å². The van der Waals surface area contributed by atoms with Crippen LogP contribution in [-0.4, -0.2) is 51.4 Å². The summed E-state index contributed by atoms with van der Waals surface area (Å²) in [5, 5.41) is 23.6. The SMILES string of the molecule is O=C(Nc1cc(Oc2ccc(F)cc2)cc(Oc2ccc(OC3(C(=O)O)CC3)cc2)c1)N1CCC(O)(C2CCCCC2)C1. The second-order valence-electron chi connectivity index (χ2n) is 11.8. The van der Waals surface area contributed by atoms with Gasteiger partial charge in [-0.2, -0.15) is 0 Å². The summed E-state index contributed by atoms with van der Waals surface area (Å²) >= 11 is 0. The maximum absolute atomic E-state index is 13.4. The Bertz CT molecular complexity index is 1470. The number of nitrogens with zero attached hydrogens (tertiary/aromatic N) is 1. The number of carbonyl (C=O) groups excluding carboxylic acids is 1. The summed E-state index contributed by atoms with van der Waals surface area (Å²) in [6.45, 7) is 0.752. The van der Waals surface area contributed by atoms with Crippen molar-refractivity contribution in [3.63, 3.8) is 0 Å². The number of nitrogens with one attached hydrogen (secondary N) is 1. The van der Waals surface area contributed by atoms with Gasteiger partial charge in [-0.25, -0.2) is 14.0 Å². The Kier molecular flexibility index (Phi) is 7.87. The van der Waals surface area contributed by atoms with Gasteiger partial charge in [-0.3, -0.25) is 0 Å². The quantitative estimate of drug-likeness (QED) is 0.247. The van der Waals surface area contributed by atoms with Gasteiger partial charge in [0.15, 0.2) is 0 Å². The molecule has 9 nitrogen and oxygen atoms in total. The van der Waals surface area contributed by atoms with Crippen LogP contribution in [0.4, 0.5) is 14.9 Å². The van der Waals surface area contributed by atoms with Gasteiger partial charge < -0.3 is 34.6 Å². The number of benzene rings is 3. The first-order chi connectivity index (χ1) is 20.7. The summed E-state index contributed by atoms with van der Waals surface area (Å²) < 4.78 is 31.1. The number of amides is 2. The lowest BCUT2D eigenvalue weighted by atomic mass is 9.76. The van der Waals surface area contributed by atoms with Crippen LogP contribution in [-0.2, 0) is 4.79 Å².